The van der Waals surface area contributed by atoms with Crippen molar-refractivity contribution >= 4 is 16.8 Å². The van der Waals surface area contributed by atoms with E-state index >= 15 is 0 Å². The van der Waals surface area contributed by atoms with Gasteiger partial charge in [-0.2, -0.15) is 5.26 Å². The summed E-state index contributed by atoms with van der Waals surface area (Å²) >= 11 is 0. The van der Waals surface area contributed by atoms with Gasteiger partial charge >= 0.3 is 0 Å². The van der Waals surface area contributed by atoms with Crippen LogP contribution in [-0.2, 0) is 4.74 Å². The quantitative estimate of drug-likeness (QED) is 0.745. The summed E-state index contributed by atoms with van der Waals surface area (Å²) in [5, 5.41) is 9.78. The van der Waals surface area contributed by atoms with Gasteiger partial charge in [-0.15, -0.1) is 0 Å². The molecule has 0 spiro atoms. The predicted octanol–water partition coefficient (Wildman–Crippen LogP) is 3.60. The highest BCUT2D eigenvalue weighted by atomic mass is 16.5. The van der Waals surface area contributed by atoms with E-state index in [0.29, 0.717) is 25.3 Å². The SMILES string of the molecule is COCCOc1ccc(C2=C(C#N)c3ccc(OC)cc3N(C)C2)cc1. The third-order valence-electron chi connectivity index (χ3n) is 4.45. The molecule has 2 aromatic rings. The normalized spacial score (nSPS) is 13.2. The van der Waals surface area contributed by atoms with Crippen LogP contribution >= 0.6 is 0 Å². The first-order valence-corrected chi connectivity index (χ1v) is 8.43. The highest BCUT2D eigenvalue weighted by molar-refractivity contribution is 6.04. The van der Waals surface area contributed by atoms with E-state index in [0.717, 1.165) is 33.9 Å². The average Bonchev–Trinajstić information content (AvgIpc) is 2.68. The van der Waals surface area contributed by atoms with Gasteiger partial charge in [0.15, 0.2) is 0 Å². The number of nitriles is 1. The van der Waals surface area contributed by atoms with Crippen molar-refractivity contribution in [1.29, 1.82) is 5.26 Å². The Morgan fingerprint density at radius 1 is 1.04 bits per heavy atom. The Morgan fingerprint density at radius 3 is 2.42 bits per heavy atom. The molecule has 5 heteroatoms. The molecule has 1 aliphatic rings. The fourth-order valence-electron chi connectivity index (χ4n) is 3.09. The zero-order chi connectivity index (χ0) is 18.5. The van der Waals surface area contributed by atoms with Crippen LogP contribution in [0.2, 0.25) is 0 Å². The molecule has 1 heterocycles. The van der Waals surface area contributed by atoms with E-state index in [1.165, 1.54) is 0 Å². The fourth-order valence-corrected chi connectivity index (χ4v) is 3.09. The Morgan fingerprint density at radius 2 is 1.77 bits per heavy atom. The molecule has 1 aliphatic heterocycles. The van der Waals surface area contributed by atoms with Gasteiger partial charge in [0.05, 0.1) is 19.3 Å². The van der Waals surface area contributed by atoms with Crippen LogP contribution in [0.15, 0.2) is 42.5 Å². The average molecular weight is 350 g/mol. The highest BCUT2D eigenvalue weighted by Gasteiger charge is 2.24. The maximum atomic E-state index is 9.78. The molecule has 0 bridgehead atoms. The van der Waals surface area contributed by atoms with E-state index in [4.69, 9.17) is 14.2 Å². The molecule has 0 saturated heterocycles. The molecule has 0 saturated carbocycles. The standard InChI is InChI=1S/C21H22N2O3/c1-23-14-20(15-4-6-16(7-5-15)26-11-10-24-2)19(13-22)18-9-8-17(25-3)12-21(18)23/h4-9,12H,10-11,14H2,1-3H3. The second kappa shape index (κ2) is 7.94. The second-order valence-corrected chi connectivity index (χ2v) is 6.07. The number of methoxy groups -OCH3 is 2. The van der Waals surface area contributed by atoms with E-state index in [9.17, 15) is 5.26 Å². The van der Waals surface area contributed by atoms with E-state index in [2.05, 4.69) is 11.0 Å². The third kappa shape index (κ3) is 3.51. The maximum Gasteiger partial charge on any atom is 0.120 e. The molecule has 2 aromatic carbocycles. The summed E-state index contributed by atoms with van der Waals surface area (Å²) < 4.78 is 15.9. The van der Waals surface area contributed by atoms with Crippen molar-refractivity contribution in [2.24, 2.45) is 0 Å². The fraction of sp³-hybridized carbons (Fsp3) is 0.286. The van der Waals surface area contributed by atoms with Crippen molar-refractivity contribution < 1.29 is 14.2 Å². The van der Waals surface area contributed by atoms with Crippen LogP contribution in [0.1, 0.15) is 11.1 Å². The zero-order valence-electron chi connectivity index (χ0n) is 15.3. The minimum Gasteiger partial charge on any atom is -0.497 e. The Kier molecular flexibility index (Phi) is 5.45. The number of hydrogen-bond donors (Lipinski definition) is 0. The molecule has 0 fully saturated rings. The molecule has 0 N–H and O–H groups in total. The van der Waals surface area contributed by atoms with Crippen LogP contribution < -0.4 is 14.4 Å². The number of rotatable bonds is 6. The van der Waals surface area contributed by atoms with Crippen molar-refractivity contribution in [2.45, 2.75) is 0 Å². The van der Waals surface area contributed by atoms with E-state index < -0.39 is 0 Å². The van der Waals surface area contributed by atoms with Gasteiger partial charge < -0.3 is 19.1 Å². The molecule has 0 aliphatic carbocycles. The first-order valence-electron chi connectivity index (χ1n) is 8.43. The summed E-state index contributed by atoms with van der Waals surface area (Å²) in [5.41, 5.74) is 4.67. The Bertz CT molecular complexity index is 851. The number of hydrogen-bond acceptors (Lipinski definition) is 5. The summed E-state index contributed by atoms with van der Waals surface area (Å²) in [6.07, 6.45) is 0. The van der Waals surface area contributed by atoms with Crippen LogP contribution in [0.5, 0.6) is 11.5 Å². The first-order chi connectivity index (χ1) is 12.7. The van der Waals surface area contributed by atoms with Gasteiger partial charge in [0.25, 0.3) is 0 Å². The van der Waals surface area contributed by atoms with Gasteiger partial charge in [-0.25, -0.2) is 0 Å². The van der Waals surface area contributed by atoms with Crippen molar-refractivity contribution in [1.82, 2.24) is 0 Å². The van der Waals surface area contributed by atoms with Gasteiger partial charge in [0.1, 0.15) is 24.2 Å². The largest absolute Gasteiger partial charge is 0.497 e. The minimum absolute atomic E-state index is 0.514. The lowest BCUT2D eigenvalue weighted by atomic mass is 9.90. The second-order valence-electron chi connectivity index (χ2n) is 6.07. The molecule has 26 heavy (non-hydrogen) atoms. The lowest BCUT2D eigenvalue weighted by Gasteiger charge is -2.30. The van der Waals surface area contributed by atoms with Gasteiger partial charge in [0, 0.05) is 38.0 Å². The maximum absolute atomic E-state index is 9.78. The van der Waals surface area contributed by atoms with Crippen LogP contribution in [0, 0.1) is 11.3 Å². The predicted molar refractivity (Wildman–Crippen MR) is 103 cm³/mol. The van der Waals surface area contributed by atoms with Gasteiger partial charge in [-0.3, -0.25) is 0 Å². The first kappa shape index (κ1) is 17.8. The van der Waals surface area contributed by atoms with Gasteiger partial charge in [0.2, 0.25) is 0 Å². The summed E-state index contributed by atoms with van der Waals surface area (Å²) in [5.74, 6) is 1.58. The molecular formula is C21H22N2O3. The highest BCUT2D eigenvalue weighted by Crippen LogP contribution is 2.39. The smallest absolute Gasteiger partial charge is 0.120 e. The van der Waals surface area contributed by atoms with Crippen molar-refractivity contribution in [2.75, 3.05) is 45.9 Å². The topological polar surface area (TPSA) is 54.7 Å². The summed E-state index contributed by atoms with van der Waals surface area (Å²) in [4.78, 5) is 2.14. The van der Waals surface area contributed by atoms with Crippen molar-refractivity contribution in [3.8, 4) is 17.6 Å². The zero-order valence-corrected chi connectivity index (χ0v) is 15.3. The Hall–Kier alpha value is -2.97. The third-order valence-corrected chi connectivity index (χ3v) is 4.45. The van der Waals surface area contributed by atoms with Crippen LogP contribution in [-0.4, -0.2) is 41.0 Å². The number of fused-ring (bicyclic) bond motifs is 1. The molecule has 0 aromatic heterocycles. The number of ether oxygens (including phenoxy) is 3. The molecule has 5 nitrogen and oxygen atoms in total. The number of likely N-dealkylation sites (N-methyl/N-ethyl adjacent to an activating group) is 1. The number of nitrogens with zero attached hydrogens (tertiary/aromatic N) is 2. The summed E-state index contributed by atoms with van der Waals surface area (Å²) in [6, 6.07) is 16.0. The molecule has 134 valence electrons. The summed E-state index contributed by atoms with van der Waals surface area (Å²) in [6.45, 7) is 1.73. The number of anilines is 1. The van der Waals surface area contributed by atoms with E-state index in [-0.39, 0.29) is 0 Å². The molecule has 3 rings (SSSR count). The van der Waals surface area contributed by atoms with Crippen LogP contribution in [0.3, 0.4) is 0 Å². The molecule has 0 atom stereocenters. The molecule has 0 radical (unpaired) electrons. The van der Waals surface area contributed by atoms with E-state index in [1.807, 2.05) is 49.5 Å². The molecule has 0 amide bonds. The Balaban J connectivity index is 1.95. The number of allylic oxidation sites excluding steroid dienone is 1. The molecule has 0 unspecified atom stereocenters. The van der Waals surface area contributed by atoms with Crippen molar-refractivity contribution in [3.05, 3.63) is 53.6 Å². The molecular weight excluding hydrogens is 328 g/mol. The summed E-state index contributed by atoms with van der Waals surface area (Å²) in [7, 11) is 5.32. The number of benzene rings is 2. The van der Waals surface area contributed by atoms with Gasteiger partial charge in [-0.05, 0) is 35.4 Å². The minimum atomic E-state index is 0.514. The monoisotopic (exact) mass is 350 g/mol. The van der Waals surface area contributed by atoms with Crippen molar-refractivity contribution in [3.63, 3.8) is 0 Å². The Labute approximate surface area is 154 Å². The van der Waals surface area contributed by atoms with Crippen LogP contribution in [0.25, 0.3) is 11.1 Å². The lowest BCUT2D eigenvalue weighted by molar-refractivity contribution is 0.146. The van der Waals surface area contributed by atoms with Crippen LogP contribution in [0.4, 0.5) is 5.69 Å². The van der Waals surface area contributed by atoms with Gasteiger partial charge in [-0.1, -0.05) is 12.1 Å². The van der Waals surface area contributed by atoms with E-state index in [1.54, 1.807) is 14.2 Å². The lowest BCUT2D eigenvalue weighted by Crippen LogP contribution is -2.25.